The smallest absolute Gasteiger partial charge is 0.315 e. The lowest BCUT2D eigenvalue weighted by Gasteiger charge is -2.16. The van der Waals surface area contributed by atoms with Crippen LogP contribution in [-0.2, 0) is 22.4 Å². The number of benzene rings is 3. The van der Waals surface area contributed by atoms with Gasteiger partial charge in [0.2, 0.25) is 5.75 Å². The zero-order valence-corrected chi connectivity index (χ0v) is 17.7. The second kappa shape index (κ2) is 11.0. The van der Waals surface area contributed by atoms with E-state index in [0.29, 0.717) is 12.4 Å². The Hall–Kier alpha value is -3.60. The molecule has 0 amide bonds. The summed E-state index contributed by atoms with van der Waals surface area (Å²) in [5, 5.41) is 0. The van der Waals surface area contributed by atoms with Gasteiger partial charge in [0.1, 0.15) is 0 Å². The third-order valence-electron chi connectivity index (χ3n) is 4.34. The first-order valence-electron chi connectivity index (χ1n) is 10.3. The van der Waals surface area contributed by atoms with Crippen LogP contribution in [0.15, 0.2) is 78.9 Å². The molecular formula is C26H26O5. The third-order valence-corrected chi connectivity index (χ3v) is 4.34. The molecule has 31 heavy (non-hydrogen) atoms. The maximum Gasteiger partial charge on any atom is 0.315 e. The van der Waals surface area contributed by atoms with Gasteiger partial charge in [0, 0.05) is 0 Å². The van der Waals surface area contributed by atoms with E-state index in [9.17, 15) is 9.59 Å². The lowest BCUT2D eigenvalue weighted by atomic mass is 10.1. The molecule has 0 fully saturated rings. The summed E-state index contributed by atoms with van der Waals surface area (Å²) < 4.78 is 17.0. The molecule has 0 saturated heterocycles. The van der Waals surface area contributed by atoms with Crippen LogP contribution in [0.2, 0.25) is 0 Å². The van der Waals surface area contributed by atoms with E-state index < -0.39 is 11.9 Å². The van der Waals surface area contributed by atoms with E-state index >= 15 is 0 Å². The van der Waals surface area contributed by atoms with Gasteiger partial charge in [0.05, 0.1) is 19.4 Å². The largest absolute Gasteiger partial charge is 0.489 e. The minimum atomic E-state index is -0.466. The van der Waals surface area contributed by atoms with Crippen molar-refractivity contribution in [1.29, 1.82) is 0 Å². The number of rotatable bonds is 9. The summed E-state index contributed by atoms with van der Waals surface area (Å²) in [5.74, 6) is -0.00825. The first kappa shape index (κ1) is 22.1. The van der Waals surface area contributed by atoms with Crippen LogP contribution in [0.3, 0.4) is 0 Å². The first-order chi connectivity index (χ1) is 15.0. The van der Waals surface area contributed by atoms with Gasteiger partial charge < -0.3 is 14.2 Å². The predicted octanol–water partition coefficient (Wildman–Crippen LogP) is 5.02. The maximum atomic E-state index is 12.6. The van der Waals surface area contributed by atoms with E-state index in [1.165, 1.54) is 0 Å². The van der Waals surface area contributed by atoms with E-state index in [1.807, 2.05) is 74.5 Å². The minimum absolute atomic E-state index is 0.0940. The second-order valence-corrected chi connectivity index (χ2v) is 7.56. The lowest BCUT2D eigenvalue weighted by molar-refractivity contribution is -0.136. The maximum absolute atomic E-state index is 12.6. The van der Waals surface area contributed by atoms with Crippen LogP contribution in [-0.4, -0.2) is 18.5 Å². The zero-order chi connectivity index (χ0) is 22.1. The molecular weight excluding hydrogens is 392 g/mol. The van der Waals surface area contributed by atoms with Crippen LogP contribution in [0.25, 0.3) is 0 Å². The van der Waals surface area contributed by atoms with Gasteiger partial charge in [0.25, 0.3) is 0 Å². The summed E-state index contributed by atoms with van der Waals surface area (Å²) in [4.78, 5) is 25.1. The average molecular weight is 418 g/mol. The third kappa shape index (κ3) is 7.00. The van der Waals surface area contributed by atoms with Crippen molar-refractivity contribution in [2.75, 3.05) is 6.61 Å². The quantitative estimate of drug-likeness (QED) is 0.361. The Morgan fingerprint density at radius 1 is 0.677 bits per heavy atom. The second-order valence-electron chi connectivity index (χ2n) is 7.56. The Balaban J connectivity index is 1.79. The number of para-hydroxylation sites is 1. The molecule has 0 atom stereocenters. The zero-order valence-electron chi connectivity index (χ0n) is 17.7. The number of hydrogen-bond donors (Lipinski definition) is 0. The number of esters is 2. The van der Waals surface area contributed by atoms with Gasteiger partial charge in [-0.1, -0.05) is 80.6 Å². The van der Waals surface area contributed by atoms with E-state index in [2.05, 4.69) is 0 Å². The number of ether oxygens (including phenoxy) is 3. The standard InChI is InChI=1S/C26H26O5/c1-19(2)18-29-22-14-9-15-23(30-24(27)16-20-10-5-3-6-11-20)26(22)31-25(28)17-21-12-7-4-8-13-21/h3-15,19H,16-18H2,1-2H3. The molecule has 0 heterocycles. The Labute approximate surface area is 182 Å². The SMILES string of the molecule is CC(C)COc1cccc(OC(=O)Cc2ccccc2)c1OC(=O)Cc1ccccc1. The van der Waals surface area contributed by atoms with E-state index in [1.54, 1.807) is 18.2 Å². The number of carbonyl (C=O) groups is 2. The number of hydrogen-bond acceptors (Lipinski definition) is 5. The Morgan fingerprint density at radius 2 is 1.19 bits per heavy atom. The molecule has 5 nitrogen and oxygen atoms in total. The molecule has 3 aromatic rings. The summed E-state index contributed by atoms with van der Waals surface area (Å²) >= 11 is 0. The minimum Gasteiger partial charge on any atom is -0.489 e. The monoisotopic (exact) mass is 418 g/mol. The highest BCUT2D eigenvalue weighted by Crippen LogP contribution is 2.38. The fraction of sp³-hybridized carbons (Fsp3) is 0.231. The highest BCUT2D eigenvalue weighted by Gasteiger charge is 2.20. The molecule has 3 aromatic carbocycles. The molecule has 0 aliphatic heterocycles. The van der Waals surface area contributed by atoms with Gasteiger partial charge >= 0.3 is 11.9 Å². The molecule has 0 aliphatic carbocycles. The van der Waals surface area contributed by atoms with Crippen molar-refractivity contribution < 1.29 is 23.8 Å². The van der Waals surface area contributed by atoms with Gasteiger partial charge in [-0.15, -0.1) is 0 Å². The van der Waals surface area contributed by atoms with Crippen LogP contribution in [0, 0.1) is 5.92 Å². The van der Waals surface area contributed by atoms with Crippen molar-refractivity contribution in [2.45, 2.75) is 26.7 Å². The van der Waals surface area contributed by atoms with Crippen LogP contribution in [0.1, 0.15) is 25.0 Å². The lowest BCUT2D eigenvalue weighted by Crippen LogP contribution is -2.16. The van der Waals surface area contributed by atoms with E-state index in [4.69, 9.17) is 14.2 Å². The van der Waals surface area contributed by atoms with Crippen LogP contribution in [0.5, 0.6) is 17.2 Å². The number of carbonyl (C=O) groups excluding carboxylic acids is 2. The molecule has 5 heteroatoms. The Bertz CT molecular complexity index is 997. The van der Waals surface area contributed by atoms with Crippen LogP contribution < -0.4 is 14.2 Å². The normalized spacial score (nSPS) is 10.5. The fourth-order valence-corrected chi connectivity index (χ4v) is 2.88. The van der Waals surface area contributed by atoms with Crippen LogP contribution >= 0.6 is 0 Å². The highest BCUT2D eigenvalue weighted by molar-refractivity contribution is 5.79. The summed E-state index contributed by atoms with van der Waals surface area (Å²) in [5.41, 5.74) is 1.66. The summed E-state index contributed by atoms with van der Waals surface area (Å²) in [6.45, 7) is 4.47. The van der Waals surface area contributed by atoms with Gasteiger partial charge in [-0.3, -0.25) is 9.59 Å². The molecule has 0 bridgehead atoms. The van der Waals surface area contributed by atoms with Crippen LogP contribution in [0.4, 0.5) is 0 Å². The molecule has 0 N–H and O–H groups in total. The van der Waals surface area contributed by atoms with Gasteiger partial charge in [0.15, 0.2) is 11.5 Å². The molecule has 0 spiro atoms. The molecule has 0 unspecified atom stereocenters. The molecule has 0 aromatic heterocycles. The molecule has 3 rings (SSSR count). The van der Waals surface area contributed by atoms with Gasteiger partial charge in [-0.2, -0.15) is 0 Å². The van der Waals surface area contributed by atoms with Crippen molar-refractivity contribution in [3.63, 3.8) is 0 Å². The predicted molar refractivity (Wildman–Crippen MR) is 118 cm³/mol. The summed E-state index contributed by atoms with van der Waals surface area (Å²) in [7, 11) is 0. The van der Waals surface area contributed by atoms with E-state index in [0.717, 1.165) is 11.1 Å². The van der Waals surface area contributed by atoms with Gasteiger partial charge in [-0.25, -0.2) is 0 Å². The average Bonchev–Trinajstić information content (AvgIpc) is 2.75. The Morgan fingerprint density at radius 3 is 1.74 bits per heavy atom. The Kier molecular flexibility index (Phi) is 7.82. The molecule has 160 valence electrons. The van der Waals surface area contributed by atoms with Crippen molar-refractivity contribution in [1.82, 2.24) is 0 Å². The first-order valence-corrected chi connectivity index (χ1v) is 10.3. The van der Waals surface area contributed by atoms with Gasteiger partial charge in [-0.05, 0) is 29.2 Å². The van der Waals surface area contributed by atoms with Crippen molar-refractivity contribution in [2.24, 2.45) is 5.92 Å². The van der Waals surface area contributed by atoms with Crippen molar-refractivity contribution in [3.05, 3.63) is 90.0 Å². The molecule has 0 radical (unpaired) electrons. The topological polar surface area (TPSA) is 61.8 Å². The van der Waals surface area contributed by atoms with Crippen molar-refractivity contribution >= 4 is 11.9 Å². The summed E-state index contributed by atoms with van der Waals surface area (Å²) in [6.07, 6.45) is 0.200. The van der Waals surface area contributed by atoms with Crippen molar-refractivity contribution in [3.8, 4) is 17.2 Å². The molecule has 0 aliphatic rings. The fourth-order valence-electron chi connectivity index (χ4n) is 2.88. The van der Waals surface area contributed by atoms with E-state index in [-0.39, 0.29) is 30.3 Å². The molecule has 0 saturated carbocycles. The summed E-state index contributed by atoms with van der Waals surface area (Å²) in [6, 6.07) is 23.6. The highest BCUT2D eigenvalue weighted by atomic mass is 16.6.